The maximum absolute atomic E-state index is 14.6. The third kappa shape index (κ3) is 8.27. The lowest BCUT2D eigenvalue weighted by molar-refractivity contribution is -0.138. The van der Waals surface area contributed by atoms with Crippen LogP contribution in [-0.4, -0.2) is 60.3 Å². The number of rotatable bonds is 4. The Labute approximate surface area is 233 Å². The summed E-state index contributed by atoms with van der Waals surface area (Å²) in [7, 11) is 0. The molecule has 1 unspecified atom stereocenters. The number of aryl methyl sites for hydroxylation is 1. The van der Waals surface area contributed by atoms with Crippen LogP contribution in [0.4, 0.5) is 4.39 Å². The third-order valence-electron chi connectivity index (χ3n) is 7.41. The Hall–Kier alpha value is -3.95. The molecular formula is C30H37FN4O5. The van der Waals surface area contributed by atoms with E-state index in [0.717, 1.165) is 18.4 Å². The van der Waals surface area contributed by atoms with E-state index in [4.69, 9.17) is 4.74 Å². The molecule has 0 aliphatic carbocycles. The highest BCUT2D eigenvalue weighted by Gasteiger charge is 2.31. The Balaban J connectivity index is 1.59. The van der Waals surface area contributed by atoms with E-state index in [9.17, 15) is 23.6 Å². The van der Waals surface area contributed by atoms with Crippen molar-refractivity contribution in [3.8, 4) is 5.75 Å². The number of nitrogens with one attached hydrogen (secondary N) is 3. The van der Waals surface area contributed by atoms with Crippen molar-refractivity contribution < 1.29 is 28.3 Å². The number of benzene rings is 2. The van der Waals surface area contributed by atoms with Gasteiger partial charge in [-0.1, -0.05) is 30.3 Å². The second-order valence-electron chi connectivity index (χ2n) is 10.5. The van der Waals surface area contributed by atoms with E-state index in [-0.39, 0.29) is 36.8 Å². The smallest absolute Gasteiger partial charge is 0.243 e. The summed E-state index contributed by atoms with van der Waals surface area (Å²) < 4.78 is 20.5. The fraction of sp³-hybridized carbons (Fsp3) is 0.467. The molecule has 10 heteroatoms. The average molecular weight is 553 g/mol. The third-order valence-corrected chi connectivity index (χ3v) is 7.41. The van der Waals surface area contributed by atoms with Crippen LogP contribution in [0.3, 0.4) is 0 Å². The number of fused-ring (bicyclic) bond motifs is 4. The quantitative estimate of drug-likeness (QED) is 0.539. The molecule has 0 radical (unpaired) electrons. The first-order chi connectivity index (χ1) is 19.3. The largest absolute Gasteiger partial charge is 0.494 e. The van der Waals surface area contributed by atoms with Crippen molar-refractivity contribution in [2.45, 2.75) is 64.1 Å². The highest BCUT2D eigenvalue weighted by Crippen LogP contribution is 2.23. The lowest BCUT2D eigenvalue weighted by atomic mass is 9.94. The molecule has 4 amide bonds. The first-order valence-electron chi connectivity index (χ1n) is 13.9. The van der Waals surface area contributed by atoms with Gasteiger partial charge in [-0.15, -0.1) is 0 Å². The zero-order chi connectivity index (χ0) is 28.5. The Kier molecular flexibility index (Phi) is 10.1. The predicted octanol–water partition coefficient (Wildman–Crippen LogP) is 2.48. The lowest BCUT2D eigenvalue weighted by Gasteiger charge is -2.34. The highest BCUT2D eigenvalue weighted by atomic mass is 19.1. The normalized spacial score (nSPS) is 22.7. The van der Waals surface area contributed by atoms with Gasteiger partial charge in [-0.05, 0) is 61.8 Å². The molecule has 214 valence electrons. The van der Waals surface area contributed by atoms with Gasteiger partial charge in [-0.25, -0.2) is 4.39 Å². The standard InChI is InChI=1S/C30H37FN4O5/c1-20(36)33-27-17-28(37)35-14-5-8-22(19-35)13-15-40-24-10-11-25(31)23(16-24)18-32-29(38)26(34-30(27)39)12-9-21-6-3-2-4-7-21/h2-4,6-7,10-11,16,22,26-27H,5,8-9,12-15,17-19H2,1H3,(H,32,38)(H,33,36)(H,34,39)/t22?,26-,27-/m0/s1. The van der Waals surface area contributed by atoms with Gasteiger partial charge in [0.1, 0.15) is 23.7 Å². The first kappa shape index (κ1) is 29.0. The van der Waals surface area contributed by atoms with Crippen LogP contribution in [0.15, 0.2) is 48.5 Å². The number of carbonyl (C=O) groups is 4. The molecule has 2 heterocycles. The Morgan fingerprint density at radius 1 is 1.10 bits per heavy atom. The molecule has 3 atom stereocenters. The fourth-order valence-corrected chi connectivity index (χ4v) is 5.21. The summed E-state index contributed by atoms with van der Waals surface area (Å²) in [6, 6.07) is 11.8. The van der Waals surface area contributed by atoms with Crippen molar-refractivity contribution in [3.05, 3.63) is 65.5 Å². The molecule has 0 aromatic heterocycles. The van der Waals surface area contributed by atoms with Gasteiger partial charge >= 0.3 is 0 Å². The van der Waals surface area contributed by atoms with Gasteiger partial charge in [-0.2, -0.15) is 0 Å². The molecule has 4 rings (SSSR count). The zero-order valence-corrected chi connectivity index (χ0v) is 22.8. The number of nitrogens with zero attached hydrogens (tertiary/aromatic N) is 1. The van der Waals surface area contributed by atoms with Crippen molar-refractivity contribution in [1.29, 1.82) is 0 Å². The number of ether oxygens (including phenoxy) is 1. The Morgan fingerprint density at radius 3 is 2.67 bits per heavy atom. The molecule has 2 aromatic rings. The molecule has 40 heavy (non-hydrogen) atoms. The van der Waals surface area contributed by atoms with Gasteiger partial charge in [-0.3, -0.25) is 19.2 Å². The molecule has 0 spiro atoms. The molecule has 4 bridgehead atoms. The number of halogens is 1. The maximum Gasteiger partial charge on any atom is 0.243 e. The number of hydrogen-bond donors (Lipinski definition) is 3. The van der Waals surface area contributed by atoms with Crippen LogP contribution in [0.5, 0.6) is 5.75 Å². The average Bonchev–Trinajstić information content (AvgIpc) is 2.94. The minimum Gasteiger partial charge on any atom is -0.494 e. The van der Waals surface area contributed by atoms with Gasteiger partial charge in [0.15, 0.2) is 0 Å². The van der Waals surface area contributed by atoms with Crippen LogP contribution in [0, 0.1) is 11.7 Å². The van der Waals surface area contributed by atoms with E-state index >= 15 is 0 Å². The highest BCUT2D eigenvalue weighted by molar-refractivity contribution is 5.94. The van der Waals surface area contributed by atoms with Gasteiger partial charge in [0, 0.05) is 32.1 Å². The van der Waals surface area contributed by atoms with Crippen LogP contribution in [0.1, 0.15) is 50.2 Å². The minimum absolute atomic E-state index is 0.0925. The van der Waals surface area contributed by atoms with Crippen molar-refractivity contribution in [2.75, 3.05) is 19.7 Å². The molecule has 2 aliphatic rings. The van der Waals surface area contributed by atoms with E-state index in [0.29, 0.717) is 38.3 Å². The van der Waals surface area contributed by atoms with Crippen LogP contribution in [0.25, 0.3) is 0 Å². The summed E-state index contributed by atoms with van der Waals surface area (Å²) in [4.78, 5) is 53.5. The van der Waals surface area contributed by atoms with E-state index in [2.05, 4.69) is 16.0 Å². The molecule has 2 aromatic carbocycles. The van der Waals surface area contributed by atoms with Gasteiger partial charge in [0.05, 0.1) is 13.0 Å². The van der Waals surface area contributed by atoms with E-state index < -0.39 is 35.6 Å². The second-order valence-corrected chi connectivity index (χ2v) is 10.5. The molecule has 3 N–H and O–H groups in total. The summed E-state index contributed by atoms with van der Waals surface area (Å²) in [5.74, 6) is -1.54. The summed E-state index contributed by atoms with van der Waals surface area (Å²) in [5.41, 5.74) is 1.25. The van der Waals surface area contributed by atoms with Crippen LogP contribution < -0.4 is 20.7 Å². The summed E-state index contributed by atoms with van der Waals surface area (Å²) in [6.45, 7) is 2.71. The zero-order valence-electron chi connectivity index (χ0n) is 22.8. The van der Waals surface area contributed by atoms with Crippen LogP contribution >= 0.6 is 0 Å². The van der Waals surface area contributed by atoms with Crippen LogP contribution in [-0.2, 0) is 32.1 Å². The van der Waals surface area contributed by atoms with Crippen molar-refractivity contribution >= 4 is 23.6 Å². The predicted molar refractivity (Wildman–Crippen MR) is 147 cm³/mol. The SMILES string of the molecule is CC(=O)N[C@H]1CC(=O)N2CCCC(CCOc3ccc(F)c(c3)CNC(=O)[C@H](CCc3ccccc3)NC1=O)C2. The Morgan fingerprint density at radius 2 is 1.90 bits per heavy atom. The number of amides is 4. The summed E-state index contributed by atoms with van der Waals surface area (Å²) >= 11 is 0. The maximum atomic E-state index is 14.6. The van der Waals surface area contributed by atoms with Crippen molar-refractivity contribution in [1.82, 2.24) is 20.9 Å². The molecule has 9 nitrogen and oxygen atoms in total. The fourth-order valence-electron chi connectivity index (χ4n) is 5.21. The monoisotopic (exact) mass is 552 g/mol. The first-order valence-corrected chi connectivity index (χ1v) is 13.9. The Bertz CT molecular complexity index is 1210. The second kappa shape index (κ2) is 13.9. The van der Waals surface area contributed by atoms with E-state index in [1.54, 1.807) is 17.0 Å². The minimum atomic E-state index is -1.13. The molecule has 1 saturated heterocycles. The summed E-state index contributed by atoms with van der Waals surface area (Å²) in [5, 5.41) is 8.05. The van der Waals surface area contributed by atoms with E-state index in [1.165, 1.54) is 13.0 Å². The number of hydrogen-bond acceptors (Lipinski definition) is 5. The van der Waals surface area contributed by atoms with Crippen LogP contribution in [0.2, 0.25) is 0 Å². The van der Waals surface area contributed by atoms with Gasteiger partial charge in [0.2, 0.25) is 23.6 Å². The summed E-state index contributed by atoms with van der Waals surface area (Å²) in [6.07, 6.45) is 3.04. The van der Waals surface area contributed by atoms with Gasteiger partial charge < -0.3 is 25.6 Å². The van der Waals surface area contributed by atoms with Crippen molar-refractivity contribution in [2.24, 2.45) is 5.92 Å². The lowest BCUT2D eigenvalue weighted by Crippen LogP contribution is -2.55. The number of piperidine rings is 1. The van der Waals surface area contributed by atoms with Gasteiger partial charge in [0.25, 0.3) is 0 Å². The topological polar surface area (TPSA) is 117 Å². The molecule has 0 saturated carbocycles. The molecule has 1 fully saturated rings. The number of carbonyl (C=O) groups excluding carboxylic acids is 4. The van der Waals surface area contributed by atoms with E-state index in [1.807, 2.05) is 30.3 Å². The molecular weight excluding hydrogens is 515 g/mol. The molecule has 2 aliphatic heterocycles. The van der Waals surface area contributed by atoms with Crippen molar-refractivity contribution in [3.63, 3.8) is 0 Å².